The Balaban J connectivity index is 2.11. The summed E-state index contributed by atoms with van der Waals surface area (Å²) >= 11 is 3.54. The molecule has 0 bridgehead atoms. The molecule has 1 aromatic rings. The van der Waals surface area contributed by atoms with Crippen LogP contribution in [0.4, 0.5) is 11.4 Å². The number of piperazine rings is 1. The SMILES string of the molecule is CC(C)(C)N1CCN(c2c(N)cncc2Br)CC1. The maximum Gasteiger partial charge on any atom is 0.0776 e. The Bertz CT molecular complexity index is 399. The van der Waals surface area contributed by atoms with Crippen molar-refractivity contribution >= 4 is 27.3 Å². The minimum absolute atomic E-state index is 0.243. The van der Waals surface area contributed by atoms with Crippen LogP contribution in [0, 0.1) is 0 Å². The number of anilines is 2. The molecule has 5 heteroatoms. The summed E-state index contributed by atoms with van der Waals surface area (Å²) in [5, 5.41) is 0. The summed E-state index contributed by atoms with van der Waals surface area (Å²) < 4.78 is 0.978. The zero-order chi connectivity index (χ0) is 13.3. The molecular formula is C13H21BrN4. The fourth-order valence-corrected chi connectivity index (χ4v) is 2.98. The summed E-state index contributed by atoms with van der Waals surface area (Å²) in [7, 11) is 0. The zero-order valence-electron chi connectivity index (χ0n) is 11.3. The normalized spacial score (nSPS) is 18.1. The van der Waals surface area contributed by atoms with E-state index in [1.807, 2.05) is 6.20 Å². The van der Waals surface area contributed by atoms with Gasteiger partial charge in [-0.1, -0.05) is 0 Å². The third kappa shape index (κ3) is 2.78. The van der Waals surface area contributed by atoms with Gasteiger partial charge in [0.05, 0.1) is 22.0 Å². The van der Waals surface area contributed by atoms with Crippen molar-refractivity contribution < 1.29 is 0 Å². The van der Waals surface area contributed by atoms with Crippen molar-refractivity contribution in [1.82, 2.24) is 9.88 Å². The van der Waals surface area contributed by atoms with Gasteiger partial charge in [-0.2, -0.15) is 0 Å². The molecule has 0 atom stereocenters. The monoisotopic (exact) mass is 312 g/mol. The first-order chi connectivity index (χ1) is 8.39. The minimum atomic E-state index is 0.243. The first kappa shape index (κ1) is 13.6. The van der Waals surface area contributed by atoms with Crippen LogP contribution in [0.5, 0.6) is 0 Å². The number of nitrogens with two attached hydrogens (primary N) is 1. The van der Waals surface area contributed by atoms with Crippen LogP contribution in [-0.2, 0) is 0 Å². The molecule has 1 saturated heterocycles. The quantitative estimate of drug-likeness (QED) is 0.864. The van der Waals surface area contributed by atoms with Gasteiger partial charge in [-0.3, -0.25) is 9.88 Å². The van der Waals surface area contributed by atoms with Crippen molar-refractivity contribution in [3.8, 4) is 0 Å². The second kappa shape index (κ2) is 5.05. The molecule has 1 fully saturated rings. The molecule has 2 heterocycles. The molecular weight excluding hydrogens is 292 g/mol. The van der Waals surface area contributed by atoms with Gasteiger partial charge in [0, 0.05) is 37.9 Å². The second-order valence-electron chi connectivity index (χ2n) is 5.70. The standard InChI is InChI=1S/C13H21BrN4/c1-13(2,3)18-6-4-17(5-7-18)12-10(14)8-16-9-11(12)15/h8-9H,4-7,15H2,1-3H3. The van der Waals surface area contributed by atoms with E-state index >= 15 is 0 Å². The molecule has 4 nitrogen and oxygen atoms in total. The molecule has 100 valence electrons. The molecule has 0 spiro atoms. The van der Waals surface area contributed by atoms with Crippen LogP contribution in [0.25, 0.3) is 0 Å². The first-order valence-electron chi connectivity index (χ1n) is 6.28. The predicted molar refractivity (Wildman–Crippen MR) is 79.9 cm³/mol. The number of rotatable bonds is 1. The van der Waals surface area contributed by atoms with Crippen LogP contribution >= 0.6 is 15.9 Å². The number of nitrogens with zero attached hydrogens (tertiary/aromatic N) is 3. The number of nitrogen functional groups attached to an aromatic ring is 1. The lowest BCUT2D eigenvalue weighted by Crippen LogP contribution is -2.53. The number of hydrogen-bond donors (Lipinski definition) is 1. The Morgan fingerprint density at radius 3 is 2.28 bits per heavy atom. The molecule has 1 aliphatic rings. The Hall–Kier alpha value is -0.810. The van der Waals surface area contributed by atoms with Gasteiger partial charge in [-0.25, -0.2) is 0 Å². The lowest BCUT2D eigenvalue weighted by atomic mass is 10.0. The molecule has 0 aromatic carbocycles. The van der Waals surface area contributed by atoms with E-state index in [4.69, 9.17) is 5.73 Å². The van der Waals surface area contributed by atoms with Crippen molar-refractivity contribution in [2.24, 2.45) is 0 Å². The highest BCUT2D eigenvalue weighted by atomic mass is 79.9. The van der Waals surface area contributed by atoms with E-state index in [-0.39, 0.29) is 5.54 Å². The highest BCUT2D eigenvalue weighted by Gasteiger charge is 2.27. The number of aromatic nitrogens is 1. The van der Waals surface area contributed by atoms with Crippen LogP contribution in [0.3, 0.4) is 0 Å². The van der Waals surface area contributed by atoms with Crippen LogP contribution < -0.4 is 10.6 Å². The maximum atomic E-state index is 6.02. The molecule has 0 saturated carbocycles. The summed E-state index contributed by atoms with van der Waals surface area (Å²) in [5.41, 5.74) is 8.09. The fraction of sp³-hybridized carbons (Fsp3) is 0.615. The minimum Gasteiger partial charge on any atom is -0.396 e. The van der Waals surface area contributed by atoms with Crippen LogP contribution in [-0.4, -0.2) is 41.6 Å². The molecule has 18 heavy (non-hydrogen) atoms. The molecule has 1 aromatic heterocycles. The van der Waals surface area contributed by atoms with Gasteiger partial charge < -0.3 is 10.6 Å². The Labute approximate surface area is 117 Å². The van der Waals surface area contributed by atoms with Crippen molar-refractivity contribution in [1.29, 1.82) is 0 Å². The van der Waals surface area contributed by atoms with E-state index in [1.165, 1.54) is 0 Å². The van der Waals surface area contributed by atoms with Crippen molar-refractivity contribution in [3.05, 3.63) is 16.9 Å². The third-order valence-electron chi connectivity index (χ3n) is 3.45. The largest absolute Gasteiger partial charge is 0.396 e. The molecule has 0 unspecified atom stereocenters. The van der Waals surface area contributed by atoms with Gasteiger partial charge in [0.2, 0.25) is 0 Å². The molecule has 0 aliphatic carbocycles. The highest BCUT2D eigenvalue weighted by Crippen LogP contribution is 2.32. The second-order valence-corrected chi connectivity index (χ2v) is 6.56. The van der Waals surface area contributed by atoms with E-state index in [9.17, 15) is 0 Å². The average Bonchev–Trinajstić information content (AvgIpc) is 2.28. The fourth-order valence-electron chi connectivity index (χ4n) is 2.38. The van der Waals surface area contributed by atoms with E-state index in [2.05, 4.69) is 51.5 Å². The van der Waals surface area contributed by atoms with Crippen molar-refractivity contribution in [3.63, 3.8) is 0 Å². The van der Waals surface area contributed by atoms with Crippen LogP contribution in [0.15, 0.2) is 16.9 Å². The summed E-state index contributed by atoms with van der Waals surface area (Å²) in [5.74, 6) is 0. The van der Waals surface area contributed by atoms with E-state index < -0.39 is 0 Å². The molecule has 1 aliphatic heterocycles. The summed E-state index contributed by atoms with van der Waals surface area (Å²) in [4.78, 5) is 8.93. The molecule has 2 rings (SSSR count). The van der Waals surface area contributed by atoms with E-state index in [1.54, 1.807) is 6.20 Å². The number of pyridine rings is 1. The van der Waals surface area contributed by atoms with E-state index in [0.717, 1.165) is 42.0 Å². The van der Waals surface area contributed by atoms with Crippen LogP contribution in [0.2, 0.25) is 0 Å². The zero-order valence-corrected chi connectivity index (χ0v) is 12.9. The summed E-state index contributed by atoms with van der Waals surface area (Å²) in [6, 6.07) is 0. The first-order valence-corrected chi connectivity index (χ1v) is 7.08. The Morgan fingerprint density at radius 2 is 1.78 bits per heavy atom. The molecule has 0 radical (unpaired) electrons. The van der Waals surface area contributed by atoms with Gasteiger partial charge in [0.15, 0.2) is 0 Å². The Morgan fingerprint density at radius 1 is 1.17 bits per heavy atom. The summed E-state index contributed by atoms with van der Waals surface area (Å²) in [6.07, 6.45) is 3.53. The van der Waals surface area contributed by atoms with Gasteiger partial charge >= 0.3 is 0 Å². The van der Waals surface area contributed by atoms with E-state index in [0.29, 0.717) is 0 Å². The van der Waals surface area contributed by atoms with Crippen molar-refractivity contribution in [2.75, 3.05) is 36.8 Å². The summed E-state index contributed by atoms with van der Waals surface area (Å²) in [6.45, 7) is 10.9. The van der Waals surface area contributed by atoms with Gasteiger partial charge in [-0.15, -0.1) is 0 Å². The lowest BCUT2D eigenvalue weighted by Gasteiger charge is -2.43. The Kier molecular flexibility index (Phi) is 3.82. The van der Waals surface area contributed by atoms with Crippen molar-refractivity contribution in [2.45, 2.75) is 26.3 Å². The smallest absolute Gasteiger partial charge is 0.0776 e. The average molecular weight is 313 g/mol. The van der Waals surface area contributed by atoms with Gasteiger partial charge in [-0.05, 0) is 36.7 Å². The third-order valence-corrected chi connectivity index (χ3v) is 4.03. The number of halogens is 1. The topological polar surface area (TPSA) is 45.4 Å². The lowest BCUT2D eigenvalue weighted by molar-refractivity contribution is 0.128. The highest BCUT2D eigenvalue weighted by molar-refractivity contribution is 9.10. The van der Waals surface area contributed by atoms with Crippen LogP contribution in [0.1, 0.15) is 20.8 Å². The molecule has 0 amide bonds. The predicted octanol–water partition coefficient (Wildman–Crippen LogP) is 2.35. The number of hydrogen-bond acceptors (Lipinski definition) is 4. The van der Waals surface area contributed by atoms with Gasteiger partial charge in [0.25, 0.3) is 0 Å². The molecule has 2 N–H and O–H groups in total. The van der Waals surface area contributed by atoms with Gasteiger partial charge in [0.1, 0.15) is 0 Å². The maximum absolute atomic E-state index is 6.02.